The summed E-state index contributed by atoms with van der Waals surface area (Å²) in [5.41, 5.74) is 8.29. The van der Waals surface area contributed by atoms with Crippen molar-refractivity contribution in [1.82, 2.24) is 0 Å². The lowest BCUT2D eigenvalue weighted by Gasteiger charge is -2.11. The molecule has 2 rings (SSSR count). The van der Waals surface area contributed by atoms with Crippen LogP contribution in [-0.2, 0) is 0 Å². The highest BCUT2D eigenvalue weighted by Gasteiger charge is 2.15. The molecule has 2 aromatic rings. The van der Waals surface area contributed by atoms with Crippen LogP contribution >= 0.6 is 0 Å². The van der Waals surface area contributed by atoms with Crippen molar-refractivity contribution in [2.24, 2.45) is 5.73 Å². The normalized spacial score (nSPS) is 12.8. The Morgan fingerprint density at radius 2 is 2.00 bits per heavy atom. The number of aryl methyl sites for hydroxylation is 2. The van der Waals surface area contributed by atoms with Gasteiger partial charge in [-0.2, -0.15) is 0 Å². The molecule has 3 heteroatoms. The fourth-order valence-electron chi connectivity index (χ4n) is 1.71. The largest absolute Gasteiger partial charge is 0.469 e. The fourth-order valence-corrected chi connectivity index (χ4v) is 1.71. The van der Waals surface area contributed by atoms with Crippen molar-refractivity contribution < 1.29 is 8.81 Å². The van der Waals surface area contributed by atoms with Crippen molar-refractivity contribution in [1.29, 1.82) is 0 Å². The van der Waals surface area contributed by atoms with Gasteiger partial charge in [-0.1, -0.05) is 17.7 Å². The average Bonchev–Trinajstić information content (AvgIpc) is 2.67. The molecule has 84 valence electrons. The molecule has 1 heterocycles. The Hall–Kier alpha value is -1.61. The molecule has 2 N–H and O–H groups in total. The number of nitrogens with two attached hydrogens (primary N) is 1. The summed E-state index contributed by atoms with van der Waals surface area (Å²) in [6, 6.07) is 6.29. The van der Waals surface area contributed by atoms with Crippen LogP contribution in [0.1, 0.15) is 28.5 Å². The molecule has 0 saturated heterocycles. The Kier molecular flexibility index (Phi) is 2.79. The summed E-state index contributed by atoms with van der Waals surface area (Å²) < 4.78 is 18.8. The molecule has 0 spiro atoms. The van der Waals surface area contributed by atoms with Gasteiger partial charge in [0, 0.05) is 11.1 Å². The minimum Gasteiger partial charge on any atom is -0.469 e. The van der Waals surface area contributed by atoms with Crippen LogP contribution in [0.3, 0.4) is 0 Å². The number of hydrogen-bond acceptors (Lipinski definition) is 2. The first kappa shape index (κ1) is 10.9. The second kappa shape index (κ2) is 4.10. The van der Waals surface area contributed by atoms with E-state index in [1.165, 1.54) is 6.07 Å². The number of hydrogen-bond donors (Lipinski definition) is 1. The summed E-state index contributed by atoms with van der Waals surface area (Å²) in [6.45, 7) is 3.75. The minimum atomic E-state index is -0.475. The molecule has 0 aliphatic carbocycles. The maximum atomic E-state index is 13.6. The van der Waals surface area contributed by atoms with Crippen LogP contribution in [0.25, 0.3) is 0 Å². The third kappa shape index (κ3) is 1.99. The van der Waals surface area contributed by atoms with Gasteiger partial charge in [0.2, 0.25) is 0 Å². The van der Waals surface area contributed by atoms with Crippen LogP contribution in [0, 0.1) is 19.7 Å². The first-order valence-electron chi connectivity index (χ1n) is 5.14. The maximum Gasteiger partial charge on any atom is 0.128 e. The van der Waals surface area contributed by atoms with Crippen molar-refractivity contribution in [2.75, 3.05) is 0 Å². The smallest absolute Gasteiger partial charge is 0.128 e. The van der Waals surface area contributed by atoms with E-state index < -0.39 is 6.04 Å². The van der Waals surface area contributed by atoms with Gasteiger partial charge in [-0.15, -0.1) is 0 Å². The van der Waals surface area contributed by atoms with Gasteiger partial charge in [0.15, 0.2) is 0 Å². The third-order valence-electron chi connectivity index (χ3n) is 2.60. The van der Waals surface area contributed by atoms with Crippen LogP contribution in [0.5, 0.6) is 0 Å². The Balaban J connectivity index is 2.40. The topological polar surface area (TPSA) is 39.2 Å². The first-order valence-corrected chi connectivity index (χ1v) is 5.14. The van der Waals surface area contributed by atoms with Gasteiger partial charge in [0.05, 0.1) is 12.3 Å². The lowest BCUT2D eigenvalue weighted by atomic mass is 9.99. The SMILES string of the molecule is Cc1ccc(F)c(C(N)c2coc(C)c2)c1. The van der Waals surface area contributed by atoms with Crippen molar-refractivity contribution in [2.45, 2.75) is 19.9 Å². The molecule has 0 aliphatic rings. The Bertz CT molecular complexity index is 504. The van der Waals surface area contributed by atoms with Gasteiger partial charge in [-0.25, -0.2) is 4.39 Å². The summed E-state index contributed by atoms with van der Waals surface area (Å²) in [4.78, 5) is 0. The summed E-state index contributed by atoms with van der Waals surface area (Å²) in [6.07, 6.45) is 1.57. The molecular formula is C13H14FNO. The molecule has 1 atom stereocenters. The number of benzene rings is 1. The maximum absolute atomic E-state index is 13.6. The zero-order chi connectivity index (χ0) is 11.7. The third-order valence-corrected chi connectivity index (χ3v) is 2.60. The van der Waals surface area contributed by atoms with E-state index in [2.05, 4.69) is 0 Å². The fraction of sp³-hybridized carbons (Fsp3) is 0.231. The highest BCUT2D eigenvalue weighted by Crippen LogP contribution is 2.24. The van der Waals surface area contributed by atoms with Crippen LogP contribution in [0.2, 0.25) is 0 Å². The molecule has 1 aromatic heterocycles. The van der Waals surface area contributed by atoms with Gasteiger partial charge in [0.1, 0.15) is 11.6 Å². The molecule has 0 fully saturated rings. The molecule has 0 amide bonds. The van der Waals surface area contributed by atoms with Crippen LogP contribution in [0.15, 0.2) is 34.9 Å². The molecule has 0 saturated carbocycles. The molecule has 2 nitrogen and oxygen atoms in total. The Morgan fingerprint density at radius 1 is 1.25 bits per heavy atom. The second-order valence-electron chi connectivity index (χ2n) is 3.99. The highest BCUT2D eigenvalue weighted by molar-refractivity contribution is 5.33. The lowest BCUT2D eigenvalue weighted by molar-refractivity contribution is 0.529. The van der Waals surface area contributed by atoms with Gasteiger partial charge in [-0.05, 0) is 26.0 Å². The van der Waals surface area contributed by atoms with Crippen molar-refractivity contribution in [3.63, 3.8) is 0 Å². The van der Waals surface area contributed by atoms with Gasteiger partial charge in [-0.3, -0.25) is 0 Å². The van der Waals surface area contributed by atoms with E-state index in [-0.39, 0.29) is 5.82 Å². The van der Waals surface area contributed by atoms with Crippen LogP contribution in [-0.4, -0.2) is 0 Å². The van der Waals surface area contributed by atoms with E-state index in [1.54, 1.807) is 18.4 Å². The quantitative estimate of drug-likeness (QED) is 0.843. The van der Waals surface area contributed by atoms with E-state index in [1.807, 2.05) is 19.9 Å². The van der Waals surface area contributed by atoms with E-state index in [4.69, 9.17) is 10.2 Å². The van der Waals surface area contributed by atoms with Crippen molar-refractivity contribution >= 4 is 0 Å². The van der Waals surface area contributed by atoms with E-state index in [0.29, 0.717) is 5.56 Å². The minimum absolute atomic E-state index is 0.281. The van der Waals surface area contributed by atoms with E-state index >= 15 is 0 Å². The molecular weight excluding hydrogens is 205 g/mol. The molecule has 1 aromatic carbocycles. The van der Waals surface area contributed by atoms with Crippen LogP contribution < -0.4 is 5.73 Å². The van der Waals surface area contributed by atoms with E-state index in [0.717, 1.165) is 16.9 Å². The van der Waals surface area contributed by atoms with Crippen molar-refractivity contribution in [3.05, 3.63) is 58.8 Å². The lowest BCUT2D eigenvalue weighted by Crippen LogP contribution is -2.13. The van der Waals surface area contributed by atoms with Gasteiger partial charge >= 0.3 is 0 Å². The Labute approximate surface area is 93.9 Å². The first-order chi connectivity index (χ1) is 7.58. The number of furan rings is 1. The highest BCUT2D eigenvalue weighted by atomic mass is 19.1. The number of halogens is 1. The van der Waals surface area contributed by atoms with Crippen molar-refractivity contribution in [3.8, 4) is 0 Å². The Morgan fingerprint density at radius 3 is 2.62 bits per heavy atom. The zero-order valence-electron chi connectivity index (χ0n) is 9.33. The average molecular weight is 219 g/mol. The van der Waals surface area contributed by atoms with Gasteiger partial charge in [0.25, 0.3) is 0 Å². The molecule has 0 bridgehead atoms. The summed E-state index contributed by atoms with van der Waals surface area (Å²) >= 11 is 0. The summed E-state index contributed by atoms with van der Waals surface area (Å²) in [5.74, 6) is 0.496. The molecule has 16 heavy (non-hydrogen) atoms. The number of rotatable bonds is 2. The summed E-state index contributed by atoms with van der Waals surface area (Å²) in [5, 5.41) is 0. The van der Waals surface area contributed by atoms with E-state index in [9.17, 15) is 4.39 Å². The molecule has 1 unspecified atom stereocenters. The molecule has 0 radical (unpaired) electrons. The summed E-state index contributed by atoms with van der Waals surface area (Å²) in [7, 11) is 0. The molecule has 0 aliphatic heterocycles. The monoisotopic (exact) mass is 219 g/mol. The van der Waals surface area contributed by atoms with Crippen LogP contribution in [0.4, 0.5) is 4.39 Å². The zero-order valence-corrected chi connectivity index (χ0v) is 9.33. The second-order valence-corrected chi connectivity index (χ2v) is 3.99. The standard InChI is InChI=1S/C13H14FNO/c1-8-3-4-12(14)11(5-8)13(15)10-6-9(2)16-7-10/h3-7,13H,15H2,1-2H3. The predicted molar refractivity (Wildman–Crippen MR) is 60.6 cm³/mol. The van der Waals surface area contributed by atoms with Gasteiger partial charge < -0.3 is 10.2 Å². The predicted octanol–water partition coefficient (Wildman–Crippen LogP) is 3.08.